The number of nitrogens with zero attached hydrogens (tertiary/aromatic N) is 2. The van der Waals surface area contributed by atoms with Crippen molar-refractivity contribution >= 4 is 5.91 Å². The first-order valence-electron chi connectivity index (χ1n) is 5.68. The van der Waals surface area contributed by atoms with E-state index in [1.165, 1.54) is 0 Å². The van der Waals surface area contributed by atoms with E-state index in [0.717, 1.165) is 19.5 Å². The summed E-state index contributed by atoms with van der Waals surface area (Å²) in [6, 6.07) is 0.149. The molecule has 1 aliphatic heterocycles. The van der Waals surface area contributed by atoms with Gasteiger partial charge in [-0.3, -0.25) is 4.79 Å². The van der Waals surface area contributed by atoms with Crippen LogP contribution in [0.2, 0.25) is 0 Å². The van der Waals surface area contributed by atoms with Crippen molar-refractivity contribution < 1.29 is 4.79 Å². The average Bonchev–Trinajstić information content (AvgIpc) is 2.58. The molecule has 0 spiro atoms. The molecule has 1 amide bonds. The van der Waals surface area contributed by atoms with Crippen LogP contribution in [0.5, 0.6) is 0 Å². The highest BCUT2D eigenvalue weighted by molar-refractivity contribution is 5.81. The van der Waals surface area contributed by atoms with Crippen molar-refractivity contribution in [2.24, 2.45) is 11.7 Å². The van der Waals surface area contributed by atoms with Crippen LogP contribution in [-0.2, 0) is 4.79 Å². The van der Waals surface area contributed by atoms with Crippen LogP contribution >= 0.6 is 0 Å². The number of likely N-dealkylation sites (N-methyl/N-ethyl adjacent to an activating group) is 1. The Hall–Kier alpha value is -0.610. The van der Waals surface area contributed by atoms with Crippen LogP contribution < -0.4 is 5.73 Å². The second-order valence-electron chi connectivity index (χ2n) is 4.77. The minimum Gasteiger partial charge on any atom is -0.339 e. The summed E-state index contributed by atoms with van der Waals surface area (Å²) in [5.41, 5.74) is 5.76. The Labute approximate surface area is 92.4 Å². The maximum absolute atomic E-state index is 11.9. The number of nitrogens with two attached hydrogens (primary N) is 1. The number of carbonyl (C=O) groups is 1. The molecule has 2 N–H and O–H groups in total. The van der Waals surface area contributed by atoms with Crippen LogP contribution in [-0.4, -0.2) is 55.0 Å². The van der Waals surface area contributed by atoms with Gasteiger partial charge in [0.05, 0.1) is 6.04 Å². The zero-order valence-electron chi connectivity index (χ0n) is 10.2. The largest absolute Gasteiger partial charge is 0.339 e. The van der Waals surface area contributed by atoms with Crippen molar-refractivity contribution in [1.29, 1.82) is 0 Å². The Kier molecular flexibility index (Phi) is 4.11. The lowest BCUT2D eigenvalue weighted by atomic mass is 10.1. The van der Waals surface area contributed by atoms with Crippen LogP contribution in [0.25, 0.3) is 0 Å². The highest BCUT2D eigenvalue weighted by Crippen LogP contribution is 2.20. The summed E-state index contributed by atoms with van der Waals surface area (Å²) in [4.78, 5) is 16.0. The SMILES string of the molecule is CCC(N)C(=O)N1CC(C)C(N(C)C)C1. The molecule has 1 fully saturated rings. The minimum atomic E-state index is -0.321. The molecular weight excluding hydrogens is 190 g/mol. The van der Waals surface area contributed by atoms with Crippen LogP contribution in [0.4, 0.5) is 0 Å². The van der Waals surface area contributed by atoms with Gasteiger partial charge in [0.15, 0.2) is 0 Å². The van der Waals surface area contributed by atoms with E-state index in [0.29, 0.717) is 12.0 Å². The maximum atomic E-state index is 11.9. The fourth-order valence-electron chi connectivity index (χ4n) is 2.21. The molecule has 0 aromatic carbocycles. The van der Waals surface area contributed by atoms with Gasteiger partial charge in [-0.2, -0.15) is 0 Å². The summed E-state index contributed by atoms with van der Waals surface area (Å²) in [5, 5.41) is 0. The Balaban J connectivity index is 2.58. The van der Waals surface area contributed by atoms with E-state index in [1.807, 2.05) is 11.8 Å². The molecule has 1 aliphatic rings. The second kappa shape index (κ2) is 4.94. The van der Waals surface area contributed by atoms with E-state index in [-0.39, 0.29) is 11.9 Å². The summed E-state index contributed by atoms with van der Waals surface area (Å²) >= 11 is 0. The highest BCUT2D eigenvalue weighted by atomic mass is 16.2. The Morgan fingerprint density at radius 2 is 2.13 bits per heavy atom. The normalized spacial score (nSPS) is 28.5. The molecule has 3 unspecified atom stereocenters. The maximum Gasteiger partial charge on any atom is 0.239 e. The molecule has 0 aromatic rings. The summed E-state index contributed by atoms with van der Waals surface area (Å²) < 4.78 is 0. The van der Waals surface area contributed by atoms with Crippen molar-refractivity contribution in [3.05, 3.63) is 0 Å². The van der Waals surface area contributed by atoms with Gasteiger partial charge in [0.1, 0.15) is 0 Å². The first-order valence-corrected chi connectivity index (χ1v) is 5.68. The highest BCUT2D eigenvalue weighted by Gasteiger charge is 2.34. The Morgan fingerprint density at radius 3 is 2.53 bits per heavy atom. The minimum absolute atomic E-state index is 0.105. The van der Waals surface area contributed by atoms with Crippen molar-refractivity contribution in [3.8, 4) is 0 Å². The number of carbonyl (C=O) groups excluding carboxylic acids is 1. The molecule has 15 heavy (non-hydrogen) atoms. The zero-order valence-corrected chi connectivity index (χ0v) is 10.2. The van der Waals surface area contributed by atoms with Crippen molar-refractivity contribution in [2.75, 3.05) is 27.2 Å². The van der Waals surface area contributed by atoms with Crippen LogP contribution in [0.3, 0.4) is 0 Å². The van der Waals surface area contributed by atoms with Gasteiger partial charge in [-0.1, -0.05) is 13.8 Å². The predicted octanol–water partition coefficient (Wildman–Crippen LogP) is 0.132. The molecule has 0 aliphatic carbocycles. The third-order valence-electron chi connectivity index (χ3n) is 3.30. The van der Waals surface area contributed by atoms with Gasteiger partial charge in [-0.25, -0.2) is 0 Å². The molecular formula is C11H23N3O. The number of hydrogen-bond acceptors (Lipinski definition) is 3. The first-order chi connectivity index (χ1) is 6.97. The molecule has 1 heterocycles. The topological polar surface area (TPSA) is 49.6 Å². The van der Waals surface area contributed by atoms with E-state index >= 15 is 0 Å². The van der Waals surface area contributed by atoms with Gasteiger partial charge >= 0.3 is 0 Å². The number of likely N-dealkylation sites (tertiary alicyclic amines) is 1. The third kappa shape index (κ3) is 2.69. The lowest BCUT2D eigenvalue weighted by molar-refractivity contribution is -0.131. The lowest BCUT2D eigenvalue weighted by Crippen LogP contribution is -2.43. The van der Waals surface area contributed by atoms with Gasteiger partial charge in [0, 0.05) is 19.1 Å². The molecule has 0 aromatic heterocycles. The van der Waals surface area contributed by atoms with Crippen LogP contribution in [0.1, 0.15) is 20.3 Å². The van der Waals surface area contributed by atoms with Crippen LogP contribution in [0.15, 0.2) is 0 Å². The summed E-state index contributed by atoms with van der Waals surface area (Å²) in [6.07, 6.45) is 0.719. The number of hydrogen-bond donors (Lipinski definition) is 1. The van der Waals surface area contributed by atoms with Crippen molar-refractivity contribution in [3.63, 3.8) is 0 Å². The van der Waals surface area contributed by atoms with E-state index in [2.05, 4.69) is 25.9 Å². The zero-order chi connectivity index (χ0) is 11.6. The molecule has 88 valence electrons. The quantitative estimate of drug-likeness (QED) is 0.725. The van der Waals surface area contributed by atoms with E-state index in [4.69, 9.17) is 5.73 Å². The number of rotatable bonds is 3. The Morgan fingerprint density at radius 1 is 1.53 bits per heavy atom. The van der Waals surface area contributed by atoms with Crippen molar-refractivity contribution in [2.45, 2.75) is 32.4 Å². The van der Waals surface area contributed by atoms with Gasteiger partial charge in [-0.05, 0) is 26.4 Å². The van der Waals surface area contributed by atoms with Crippen LogP contribution in [0, 0.1) is 5.92 Å². The first kappa shape index (κ1) is 12.5. The summed E-state index contributed by atoms with van der Waals surface area (Å²) in [7, 11) is 4.13. The fraction of sp³-hybridized carbons (Fsp3) is 0.909. The standard InChI is InChI=1S/C11H23N3O/c1-5-9(12)11(15)14-6-8(2)10(7-14)13(3)4/h8-10H,5-7,12H2,1-4H3. The van der Waals surface area contributed by atoms with Gasteiger partial charge in [-0.15, -0.1) is 0 Å². The van der Waals surface area contributed by atoms with E-state index in [9.17, 15) is 4.79 Å². The fourth-order valence-corrected chi connectivity index (χ4v) is 2.21. The monoisotopic (exact) mass is 213 g/mol. The summed E-state index contributed by atoms with van der Waals surface area (Å²) in [6.45, 7) is 5.80. The van der Waals surface area contributed by atoms with Gasteiger partial charge in [0.25, 0.3) is 0 Å². The van der Waals surface area contributed by atoms with E-state index < -0.39 is 0 Å². The molecule has 0 bridgehead atoms. The predicted molar refractivity (Wildman–Crippen MR) is 61.5 cm³/mol. The molecule has 0 radical (unpaired) electrons. The average molecular weight is 213 g/mol. The molecule has 3 atom stereocenters. The van der Waals surface area contributed by atoms with E-state index in [1.54, 1.807) is 0 Å². The summed E-state index contributed by atoms with van der Waals surface area (Å²) in [5.74, 6) is 0.640. The number of amides is 1. The van der Waals surface area contributed by atoms with Gasteiger partial charge in [0.2, 0.25) is 5.91 Å². The molecule has 0 saturated carbocycles. The van der Waals surface area contributed by atoms with Gasteiger partial charge < -0.3 is 15.5 Å². The molecule has 1 saturated heterocycles. The Bertz CT molecular complexity index is 230. The molecule has 4 heteroatoms. The lowest BCUT2D eigenvalue weighted by Gasteiger charge is -2.23. The smallest absolute Gasteiger partial charge is 0.239 e. The second-order valence-corrected chi connectivity index (χ2v) is 4.77. The molecule has 1 rings (SSSR count). The third-order valence-corrected chi connectivity index (χ3v) is 3.30. The van der Waals surface area contributed by atoms with Crippen molar-refractivity contribution in [1.82, 2.24) is 9.80 Å². The molecule has 4 nitrogen and oxygen atoms in total.